The van der Waals surface area contributed by atoms with Gasteiger partial charge in [0, 0.05) is 42.5 Å². The summed E-state index contributed by atoms with van der Waals surface area (Å²) in [5.74, 6) is 1.50. The van der Waals surface area contributed by atoms with Crippen LogP contribution in [-0.2, 0) is 30.4 Å². The second kappa shape index (κ2) is 18.1. The molecule has 0 saturated carbocycles. The third-order valence-electron chi connectivity index (χ3n) is 13.5. The summed E-state index contributed by atoms with van der Waals surface area (Å²) in [4.78, 5) is 73.6. The van der Waals surface area contributed by atoms with E-state index in [2.05, 4.69) is 57.0 Å². The first-order chi connectivity index (χ1) is 31.5. The number of H-pyrrole nitrogens is 2. The molecule has 0 radical (unpaired) electrons. The number of alkyl carbamates (subject to hydrolysis) is 2. The number of amides is 4. The Kier molecular flexibility index (Phi) is 12.1. The molecule has 2 fully saturated rings. The van der Waals surface area contributed by atoms with Crippen molar-refractivity contribution in [2.24, 2.45) is 17.8 Å². The van der Waals surface area contributed by atoms with Crippen molar-refractivity contribution in [1.29, 1.82) is 0 Å². The molecule has 2 aromatic heterocycles. The van der Waals surface area contributed by atoms with Crippen LogP contribution in [0.2, 0.25) is 0 Å². The number of aromatic amines is 2. The molecule has 4 aliphatic rings. The van der Waals surface area contributed by atoms with Crippen molar-refractivity contribution in [2.45, 2.75) is 83.3 Å². The molecule has 4 N–H and O–H groups in total. The number of nitrogens with zero attached hydrogens (tertiary/aromatic N) is 4. The Bertz CT molecular complexity index is 2700. The number of methoxy groups -OCH3 is 3. The smallest absolute Gasteiger partial charge is 0.407 e. The predicted molar refractivity (Wildman–Crippen MR) is 244 cm³/mol. The first-order valence-corrected chi connectivity index (χ1v) is 22.4. The van der Waals surface area contributed by atoms with E-state index >= 15 is 0 Å². The molecule has 0 spiro atoms. The average molecular weight is 885 g/mol. The van der Waals surface area contributed by atoms with Gasteiger partial charge >= 0.3 is 12.2 Å². The summed E-state index contributed by atoms with van der Waals surface area (Å²) in [6, 6.07) is 12.4. The van der Waals surface area contributed by atoms with Gasteiger partial charge in [-0.1, -0.05) is 56.4 Å². The average Bonchev–Trinajstić information content (AvgIpc) is 4.15. The molecule has 7 atom stereocenters. The highest BCUT2D eigenvalue weighted by Gasteiger charge is 2.43. The van der Waals surface area contributed by atoms with E-state index < -0.39 is 24.3 Å². The van der Waals surface area contributed by atoms with Gasteiger partial charge in [-0.3, -0.25) is 9.59 Å². The fourth-order valence-corrected chi connectivity index (χ4v) is 10.1. The first kappa shape index (κ1) is 43.6. The van der Waals surface area contributed by atoms with Crippen LogP contribution in [0.15, 0.2) is 73.0 Å². The van der Waals surface area contributed by atoms with Gasteiger partial charge in [0.2, 0.25) is 11.8 Å². The van der Waals surface area contributed by atoms with E-state index in [-0.39, 0.29) is 47.7 Å². The molecule has 65 heavy (non-hydrogen) atoms. The number of rotatable bonds is 11. The third-order valence-corrected chi connectivity index (χ3v) is 13.5. The lowest BCUT2D eigenvalue weighted by atomic mass is 9.91. The molecular formula is C49H56N8O8. The number of hydrogen-bond donors (Lipinski definition) is 4. The molecule has 3 aliphatic heterocycles. The van der Waals surface area contributed by atoms with Crippen LogP contribution >= 0.6 is 0 Å². The maximum atomic E-state index is 14.5. The number of benzene rings is 3. The molecule has 5 heterocycles. The first-order valence-electron chi connectivity index (χ1n) is 22.4. The highest BCUT2D eigenvalue weighted by Crippen LogP contribution is 2.44. The van der Waals surface area contributed by atoms with E-state index in [4.69, 9.17) is 28.9 Å². The van der Waals surface area contributed by atoms with Crippen LogP contribution in [0, 0.1) is 17.8 Å². The van der Waals surface area contributed by atoms with Gasteiger partial charge in [0.15, 0.2) is 0 Å². The maximum absolute atomic E-state index is 14.5. The topological polar surface area (TPSA) is 193 Å². The number of carbonyl (C=O) groups excluding carboxylic acids is 4. The fraction of sp³-hybridized carbons (Fsp3) is 0.429. The van der Waals surface area contributed by atoms with Gasteiger partial charge in [-0.2, -0.15) is 0 Å². The Balaban J connectivity index is 0.976. The molecule has 1 unspecified atom stereocenters. The zero-order chi connectivity index (χ0) is 45.5. The van der Waals surface area contributed by atoms with E-state index in [1.807, 2.05) is 67.1 Å². The predicted octanol–water partition coefficient (Wildman–Crippen LogP) is 7.49. The van der Waals surface area contributed by atoms with Crippen LogP contribution < -0.4 is 15.4 Å². The molecule has 4 amide bonds. The standard InChI is InChI=1S/C49H56N8O8/c1-26(2)41(54-48(60)63-5)47(59)57-27(3)12-17-38(57)44-50-22-37(52-44)31-13-15-33-32(19-31)25-65-40-21-34-30(20-35(33)40)14-16-36-43(34)53-45(51-36)39-18-28(24-62-4)23-56(39)46(58)42(55-49(61)64-6)29-10-8-7-9-11-29/h7-10,13-16,19-22,26-29,38-39,41-42H,11-12,17-18,23-25H2,1-6H3,(H,50,52)(H,51,53)(H,54,60)(H,55,61)/t27-,28-,29?,38-,39-,41-,42+/m0/s1. The van der Waals surface area contributed by atoms with E-state index in [0.29, 0.717) is 44.2 Å². The van der Waals surface area contributed by atoms with Crippen LogP contribution in [0.1, 0.15) is 75.8 Å². The Morgan fingerprint density at radius 1 is 0.908 bits per heavy atom. The fourth-order valence-electron chi connectivity index (χ4n) is 10.1. The molecular weight excluding hydrogens is 829 g/mol. The minimum Gasteiger partial charge on any atom is -0.488 e. The monoisotopic (exact) mass is 884 g/mol. The second-order valence-corrected chi connectivity index (χ2v) is 17.9. The lowest BCUT2D eigenvalue weighted by Crippen LogP contribution is -2.52. The largest absolute Gasteiger partial charge is 0.488 e. The summed E-state index contributed by atoms with van der Waals surface area (Å²) in [6.45, 7) is 7.15. The Hall–Kier alpha value is -6.68. The van der Waals surface area contributed by atoms with Crippen molar-refractivity contribution in [2.75, 3.05) is 34.5 Å². The zero-order valence-electron chi connectivity index (χ0n) is 37.6. The van der Waals surface area contributed by atoms with Gasteiger partial charge in [-0.15, -0.1) is 0 Å². The number of aromatic nitrogens is 4. The van der Waals surface area contributed by atoms with Gasteiger partial charge in [0.1, 0.15) is 36.1 Å². The van der Waals surface area contributed by atoms with Crippen molar-refractivity contribution in [3.63, 3.8) is 0 Å². The van der Waals surface area contributed by atoms with Crippen molar-refractivity contribution in [3.05, 3.63) is 90.2 Å². The van der Waals surface area contributed by atoms with E-state index in [0.717, 1.165) is 68.3 Å². The number of fused-ring (bicyclic) bond motifs is 6. The molecule has 5 aromatic rings. The van der Waals surface area contributed by atoms with Crippen molar-refractivity contribution < 1.29 is 38.1 Å². The number of hydrogen-bond acceptors (Lipinski definition) is 10. The number of nitrogens with one attached hydrogen (secondary N) is 4. The number of carbonyl (C=O) groups is 4. The van der Waals surface area contributed by atoms with Crippen LogP contribution in [-0.4, -0.2) is 106 Å². The summed E-state index contributed by atoms with van der Waals surface area (Å²) in [6.07, 6.45) is 11.1. The quantitative estimate of drug-likeness (QED) is 0.103. The third kappa shape index (κ3) is 8.31. The number of allylic oxidation sites excluding steroid dienone is 3. The summed E-state index contributed by atoms with van der Waals surface area (Å²) < 4.78 is 21.8. The lowest BCUT2D eigenvalue weighted by Gasteiger charge is -2.32. The number of imidazole rings is 2. The summed E-state index contributed by atoms with van der Waals surface area (Å²) in [5, 5.41) is 7.50. The normalized spacial score (nSPS) is 22.1. The number of ether oxygens (including phenoxy) is 4. The van der Waals surface area contributed by atoms with Gasteiger partial charge in [0.25, 0.3) is 0 Å². The van der Waals surface area contributed by atoms with E-state index in [1.54, 1.807) is 7.11 Å². The van der Waals surface area contributed by atoms with Gasteiger partial charge in [-0.25, -0.2) is 19.6 Å². The summed E-state index contributed by atoms with van der Waals surface area (Å²) in [5.41, 5.74) is 6.49. The molecule has 0 bridgehead atoms. The van der Waals surface area contributed by atoms with Gasteiger partial charge in [0.05, 0.1) is 55.8 Å². The second-order valence-electron chi connectivity index (χ2n) is 17.9. The zero-order valence-corrected chi connectivity index (χ0v) is 37.6. The van der Waals surface area contributed by atoms with Gasteiger partial charge < -0.3 is 49.3 Å². The van der Waals surface area contributed by atoms with Crippen LogP contribution in [0.3, 0.4) is 0 Å². The van der Waals surface area contributed by atoms with Crippen molar-refractivity contribution in [1.82, 2.24) is 40.4 Å². The molecule has 9 rings (SSSR count). The van der Waals surface area contributed by atoms with Crippen LogP contribution in [0.4, 0.5) is 9.59 Å². The SMILES string of the molecule is COC[C@H]1C[C@@H](c2nc3ccc4cc5c(cc4c3[nH]2)OCc2cc(-c3cnc([C@@H]4CC[C@H](C)N4C(=O)[C@@H](NC(=O)OC)C(C)C)[nH]3)ccc2-5)N(C(=O)[C@H](NC(=O)OC)C2C=CC=CC2)C1. The Morgan fingerprint density at radius 3 is 2.48 bits per heavy atom. The Morgan fingerprint density at radius 2 is 1.72 bits per heavy atom. The molecule has 1 aliphatic carbocycles. The Labute approximate surface area is 377 Å². The minimum absolute atomic E-state index is 0.0226. The highest BCUT2D eigenvalue weighted by molar-refractivity contribution is 6.07. The van der Waals surface area contributed by atoms with Gasteiger partial charge in [-0.05, 0) is 84.9 Å². The molecule has 16 heteroatoms. The summed E-state index contributed by atoms with van der Waals surface area (Å²) in [7, 11) is 4.25. The molecule has 16 nitrogen and oxygen atoms in total. The van der Waals surface area contributed by atoms with Crippen molar-refractivity contribution >= 4 is 45.8 Å². The van der Waals surface area contributed by atoms with E-state index in [1.165, 1.54) is 14.2 Å². The molecule has 340 valence electrons. The molecule has 3 aromatic carbocycles. The van der Waals surface area contributed by atoms with Crippen LogP contribution in [0.5, 0.6) is 5.75 Å². The summed E-state index contributed by atoms with van der Waals surface area (Å²) >= 11 is 0. The highest BCUT2D eigenvalue weighted by atomic mass is 16.5. The minimum atomic E-state index is -0.817. The number of likely N-dealkylation sites (tertiary alicyclic amines) is 2. The lowest BCUT2D eigenvalue weighted by molar-refractivity contribution is -0.137. The van der Waals surface area contributed by atoms with E-state index in [9.17, 15) is 19.2 Å². The maximum Gasteiger partial charge on any atom is 0.407 e. The van der Waals surface area contributed by atoms with Crippen LogP contribution in [0.25, 0.3) is 44.2 Å². The molecule has 2 saturated heterocycles. The van der Waals surface area contributed by atoms with Crippen molar-refractivity contribution in [3.8, 4) is 28.1 Å².